The Morgan fingerprint density at radius 1 is 1.25 bits per heavy atom. The van der Waals surface area contributed by atoms with Gasteiger partial charge in [0.15, 0.2) is 0 Å². The Balaban J connectivity index is 2.12. The van der Waals surface area contributed by atoms with Gasteiger partial charge in [0.25, 0.3) is 10.0 Å². The van der Waals surface area contributed by atoms with Crippen LogP contribution >= 0.6 is 11.3 Å². The average Bonchev–Trinajstić information content (AvgIpc) is 2.83. The Morgan fingerprint density at radius 2 is 1.94 bits per heavy atom. The molecule has 0 aromatic carbocycles. The lowest BCUT2D eigenvalue weighted by Crippen LogP contribution is -2.47. The molecule has 0 bridgehead atoms. The number of carbonyl (C=O) groups excluding carboxylic acids is 1. The first-order chi connectivity index (χ1) is 7.64. The molecule has 0 radical (unpaired) electrons. The van der Waals surface area contributed by atoms with Crippen molar-refractivity contribution in [2.45, 2.75) is 4.21 Å². The second-order valence-corrected chi connectivity index (χ2v) is 6.59. The second-order valence-electron chi connectivity index (χ2n) is 3.48. The van der Waals surface area contributed by atoms with Gasteiger partial charge in [0.05, 0.1) is 0 Å². The minimum atomic E-state index is -3.34. The first kappa shape index (κ1) is 11.6. The number of nitrogens with zero attached hydrogens (tertiary/aromatic N) is 2. The van der Waals surface area contributed by atoms with Crippen molar-refractivity contribution in [3.8, 4) is 0 Å². The molecule has 1 aliphatic heterocycles. The Kier molecular flexibility index (Phi) is 3.27. The van der Waals surface area contributed by atoms with Crippen LogP contribution in [0.3, 0.4) is 0 Å². The van der Waals surface area contributed by atoms with E-state index in [1.165, 1.54) is 15.6 Å². The fourth-order valence-corrected chi connectivity index (χ4v) is 4.15. The van der Waals surface area contributed by atoms with Crippen LogP contribution in [0.4, 0.5) is 0 Å². The number of carbonyl (C=O) groups is 1. The normalized spacial score (nSPS) is 18.6. The highest BCUT2D eigenvalue weighted by Gasteiger charge is 2.28. The van der Waals surface area contributed by atoms with Crippen LogP contribution in [0.5, 0.6) is 0 Å². The van der Waals surface area contributed by atoms with Crippen molar-refractivity contribution >= 4 is 27.8 Å². The molecule has 88 valence electrons. The zero-order valence-corrected chi connectivity index (χ0v) is 10.2. The fraction of sp³-hybridized carbons (Fsp3) is 0.444. The third kappa shape index (κ3) is 2.11. The third-order valence-electron chi connectivity index (χ3n) is 2.51. The van der Waals surface area contributed by atoms with Crippen molar-refractivity contribution in [2.24, 2.45) is 0 Å². The first-order valence-electron chi connectivity index (χ1n) is 4.87. The van der Waals surface area contributed by atoms with Gasteiger partial charge in [-0.15, -0.1) is 11.3 Å². The van der Waals surface area contributed by atoms with Crippen molar-refractivity contribution in [3.63, 3.8) is 0 Å². The quantitative estimate of drug-likeness (QED) is 0.730. The van der Waals surface area contributed by atoms with Gasteiger partial charge in [-0.2, -0.15) is 4.31 Å². The summed E-state index contributed by atoms with van der Waals surface area (Å²) in [6.45, 7) is 1.68. The molecule has 0 unspecified atom stereocenters. The molecule has 0 saturated carbocycles. The number of thiophene rings is 1. The van der Waals surface area contributed by atoms with Gasteiger partial charge >= 0.3 is 0 Å². The van der Waals surface area contributed by atoms with Crippen LogP contribution in [0, 0.1) is 0 Å². The van der Waals surface area contributed by atoms with Gasteiger partial charge in [-0.25, -0.2) is 8.42 Å². The van der Waals surface area contributed by atoms with E-state index in [1.807, 2.05) is 0 Å². The summed E-state index contributed by atoms with van der Waals surface area (Å²) in [7, 11) is -3.34. The number of piperazine rings is 1. The highest BCUT2D eigenvalue weighted by molar-refractivity contribution is 7.91. The number of sulfonamides is 1. The largest absolute Gasteiger partial charge is 0.343 e. The molecule has 1 aromatic rings. The zero-order chi connectivity index (χ0) is 11.6. The predicted octanol–water partition coefficient (Wildman–Crippen LogP) is 0.211. The van der Waals surface area contributed by atoms with E-state index in [0.717, 1.165) is 6.41 Å². The Hall–Kier alpha value is -0.920. The topological polar surface area (TPSA) is 57.7 Å². The summed E-state index contributed by atoms with van der Waals surface area (Å²) in [5, 5.41) is 1.74. The maximum absolute atomic E-state index is 12.1. The molecule has 0 spiro atoms. The standard InChI is InChI=1S/C9H12N2O3S2/c12-8-10-3-5-11(6-4-10)16(13,14)9-2-1-7-15-9/h1-2,7-8H,3-6H2. The van der Waals surface area contributed by atoms with E-state index in [0.29, 0.717) is 30.4 Å². The van der Waals surface area contributed by atoms with Crippen molar-refractivity contribution < 1.29 is 13.2 Å². The molecule has 0 aliphatic carbocycles. The van der Waals surface area contributed by atoms with Gasteiger partial charge in [-0.3, -0.25) is 4.79 Å². The van der Waals surface area contributed by atoms with E-state index in [4.69, 9.17) is 0 Å². The Bertz CT molecular complexity index is 447. The van der Waals surface area contributed by atoms with Crippen molar-refractivity contribution in [2.75, 3.05) is 26.2 Å². The van der Waals surface area contributed by atoms with Crippen LogP contribution in [-0.2, 0) is 14.8 Å². The van der Waals surface area contributed by atoms with Crippen LogP contribution in [0.25, 0.3) is 0 Å². The molecule has 16 heavy (non-hydrogen) atoms. The van der Waals surface area contributed by atoms with Crippen molar-refractivity contribution in [3.05, 3.63) is 17.5 Å². The molecule has 0 N–H and O–H groups in total. The lowest BCUT2D eigenvalue weighted by atomic mass is 10.4. The van der Waals surface area contributed by atoms with Gasteiger partial charge in [0, 0.05) is 26.2 Å². The second kappa shape index (κ2) is 4.52. The van der Waals surface area contributed by atoms with E-state index in [-0.39, 0.29) is 0 Å². The number of rotatable bonds is 3. The minimum absolute atomic E-state index is 0.368. The molecule has 2 rings (SSSR count). The average molecular weight is 260 g/mol. The molecule has 1 fully saturated rings. The zero-order valence-electron chi connectivity index (χ0n) is 8.57. The van der Waals surface area contributed by atoms with Crippen LogP contribution in [-0.4, -0.2) is 50.2 Å². The number of hydrogen-bond acceptors (Lipinski definition) is 4. The van der Waals surface area contributed by atoms with Crippen LogP contribution < -0.4 is 0 Å². The van der Waals surface area contributed by atoms with E-state index >= 15 is 0 Å². The number of hydrogen-bond donors (Lipinski definition) is 0. The van der Waals surface area contributed by atoms with Crippen molar-refractivity contribution in [1.29, 1.82) is 0 Å². The minimum Gasteiger partial charge on any atom is -0.343 e. The molecular weight excluding hydrogens is 248 g/mol. The third-order valence-corrected chi connectivity index (χ3v) is 5.78. The lowest BCUT2D eigenvalue weighted by Gasteiger charge is -2.31. The van der Waals surface area contributed by atoms with Gasteiger partial charge in [0.1, 0.15) is 4.21 Å². The van der Waals surface area contributed by atoms with Crippen LogP contribution in [0.15, 0.2) is 21.7 Å². The summed E-state index contributed by atoms with van der Waals surface area (Å²) in [6.07, 6.45) is 0.759. The molecule has 2 heterocycles. The summed E-state index contributed by atoms with van der Waals surface area (Å²) in [6, 6.07) is 3.32. The van der Waals surface area contributed by atoms with Crippen LogP contribution in [0.1, 0.15) is 0 Å². The number of amides is 1. The van der Waals surface area contributed by atoms with Crippen LogP contribution in [0.2, 0.25) is 0 Å². The molecule has 1 aromatic heterocycles. The summed E-state index contributed by atoms with van der Waals surface area (Å²) < 4.78 is 25.9. The molecule has 0 atom stereocenters. The van der Waals surface area contributed by atoms with Gasteiger partial charge < -0.3 is 4.90 Å². The van der Waals surface area contributed by atoms with Crippen molar-refractivity contribution in [1.82, 2.24) is 9.21 Å². The maximum atomic E-state index is 12.1. The Labute approximate surface area is 98.3 Å². The molecular formula is C9H12N2O3S2. The van der Waals surface area contributed by atoms with E-state index in [1.54, 1.807) is 22.4 Å². The smallest absolute Gasteiger partial charge is 0.252 e. The summed E-state index contributed by atoms with van der Waals surface area (Å²) in [5.41, 5.74) is 0. The molecule has 1 aliphatic rings. The predicted molar refractivity (Wildman–Crippen MR) is 60.7 cm³/mol. The molecule has 1 saturated heterocycles. The summed E-state index contributed by atoms with van der Waals surface area (Å²) in [5.74, 6) is 0. The van der Waals surface area contributed by atoms with Gasteiger partial charge in [-0.05, 0) is 11.4 Å². The van der Waals surface area contributed by atoms with E-state index < -0.39 is 10.0 Å². The van der Waals surface area contributed by atoms with Gasteiger partial charge in [-0.1, -0.05) is 6.07 Å². The molecule has 5 nitrogen and oxygen atoms in total. The Morgan fingerprint density at radius 3 is 2.44 bits per heavy atom. The van der Waals surface area contributed by atoms with E-state index in [9.17, 15) is 13.2 Å². The highest BCUT2D eigenvalue weighted by Crippen LogP contribution is 2.21. The SMILES string of the molecule is O=CN1CCN(S(=O)(=O)c2cccs2)CC1. The summed E-state index contributed by atoms with van der Waals surface area (Å²) >= 11 is 1.22. The first-order valence-corrected chi connectivity index (χ1v) is 7.19. The van der Waals surface area contributed by atoms with E-state index in [2.05, 4.69) is 0 Å². The highest BCUT2D eigenvalue weighted by atomic mass is 32.2. The monoisotopic (exact) mass is 260 g/mol. The maximum Gasteiger partial charge on any atom is 0.252 e. The fourth-order valence-electron chi connectivity index (χ4n) is 1.59. The molecule has 7 heteroatoms. The molecule has 1 amide bonds. The summed E-state index contributed by atoms with van der Waals surface area (Å²) in [4.78, 5) is 12.1. The lowest BCUT2D eigenvalue weighted by molar-refractivity contribution is -0.119. The van der Waals surface area contributed by atoms with Gasteiger partial charge in [0.2, 0.25) is 6.41 Å².